The highest BCUT2D eigenvalue weighted by molar-refractivity contribution is 5.77. The summed E-state index contributed by atoms with van der Waals surface area (Å²) in [5, 5.41) is 3.23. The first-order valence-corrected chi connectivity index (χ1v) is 10.9. The van der Waals surface area contributed by atoms with E-state index in [1.807, 2.05) is 31.6 Å². The molecule has 5 heteroatoms. The van der Waals surface area contributed by atoms with Gasteiger partial charge in [-0.15, -0.1) is 0 Å². The number of rotatable bonds is 7. The normalized spacial score (nSPS) is 16.7. The van der Waals surface area contributed by atoms with Crippen LogP contribution in [0.25, 0.3) is 22.5 Å². The Morgan fingerprint density at radius 2 is 2.10 bits per heavy atom. The Kier molecular flexibility index (Phi) is 6.42. The number of allylic oxidation sites excluding steroid dienone is 5. The number of nitrogens with one attached hydrogen (secondary N) is 1. The van der Waals surface area contributed by atoms with Gasteiger partial charge in [0.25, 0.3) is 0 Å². The van der Waals surface area contributed by atoms with Crippen LogP contribution in [0, 0.1) is 5.82 Å². The average molecular weight is 417 g/mol. The zero-order valence-corrected chi connectivity index (χ0v) is 18.4. The Hall–Kier alpha value is -3.05. The van der Waals surface area contributed by atoms with Gasteiger partial charge in [-0.2, -0.15) is 0 Å². The second kappa shape index (κ2) is 9.40. The summed E-state index contributed by atoms with van der Waals surface area (Å²) in [5.74, 6) is -0.0438. The van der Waals surface area contributed by atoms with Gasteiger partial charge in [0, 0.05) is 23.9 Å². The largest absolute Gasteiger partial charge is 0.319 e. The minimum absolute atomic E-state index is 0.199. The van der Waals surface area contributed by atoms with Crippen molar-refractivity contribution in [2.24, 2.45) is 0 Å². The maximum atomic E-state index is 13.6. The fourth-order valence-corrected chi connectivity index (χ4v) is 4.15. The molecule has 1 atom stereocenters. The summed E-state index contributed by atoms with van der Waals surface area (Å²) in [5.41, 5.74) is 7.17. The molecule has 0 radical (unpaired) electrons. The van der Waals surface area contributed by atoms with Crippen LogP contribution >= 0.6 is 0 Å². The van der Waals surface area contributed by atoms with Crippen molar-refractivity contribution in [1.29, 1.82) is 0 Å². The number of halogens is 1. The smallest absolute Gasteiger partial charge is 0.164 e. The van der Waals surface area contributed by atoms with Crippen LogP contribution in [0.2, 0.25) is 0 Å². The van der Waals surface area contributed by atoms with Gasteiger partial charge in [0.1, 0.15) is 11.5 Å². The Bertz CT molecular complexity index is 1150. The molecule has 160 valence electrons. The molecule has 4 nitrogen and oxygen atoms in total. The zero-order valence-electron chi connectivity index (χ0n) is 18.4. The molecule has 31 heavy (non-hydrogen) atoms. The molecule has 0 aliphatic heterocycles. The summed E-state index contributed by atoms with van der Waals surface area (Å²) in [6.07, 6.45) is 15.5. The minimum Gasteiger partial charge on any atom is -0.319 e. The molecule has 1 aromatic carbocycles. The molecule has 0 saturated carbocycles. The molecule has 1 aliphatic carbocycles. The van der Waals surface area contributed by atoms with Crippen LogP contribution in [0.1, 0.15) is 50.4 Å². The lowest BCUT2D eigenvalue weighted by atomic mass is 9.91. The van der Waals surface area contributed by atoms with E-state index in [1.54, 1.807) is 0 Å². The first-order chi connectivity index (χ1) is 15.1. The van der Waals surface area contributed by atoms with E-state index >= 15 is 0 Å². The summed E-state index contributed by atoms with van der Waals surface area (Å²) in [4.78, 5) is 9.81. The van der Waals surface area contributed by atoms with E-state index in [-0.39, 0.29) is 11.7 Å². The maximum absolute atomic E-state index is 13.6. The Morgan fingerprint density at radius 1 is 1.29 bits per heavy atom. The van der Waals surface area contributed by atoms with Gasteiger partial charge in [0.05, 0.1) is 11.4 Å². The van der Waals surface area contributed by atoms with Gasteiger partial charge in [-0.3, -0.25) is 9.38 Å². The molecule has 0 saturated heterocycles. The van der Waals surface area contributed by atoms with Crippen molar-refractivity contribution < 1.29 is 4.39 Å². The van der Waals surface area contributed by atoms with Crippen LogP contribution in [0.15, 0.2) is 66.5 Å². The molecule has 0 fully saturated rings. The van der Waals surface area contributed by atoms with Gasteiger partial charge in [0.2, 0.25) is 0 Å². The number of imidazole rings is 1. The first-order valence-electron chi connectivity index (χ1n) is 10.9. The summed E-state index contributed by atoms with van der Waals surface area (Å²) in [7, 11) is 1.96. The molecule has 1 aliphatic rings. The van der Waals surface area contributed by atoms with Crippen molar-refractivity contribution in [2.75, 3.05) is 13.6 Å². The number of aromatic nitrogens is 3. The summed E-state index contributed by atoms with van der Waals surface area (Å²) >= 11 is 0. The topological polar surface area (TPSA) is 42.2 Å². The fraction of sp³-hybridized carbons (Fsp3) is 0.308. The third-order valence-corrected chi connectivity index (χ3v) is 5.73. The number of fused-ring (bicyclic) bond motifs is 1. The molecular weight excluding hydrogens is 387 g/mol. The lowest BCUT2D eigenvalue weighted by molar-refractivity contribution is 0.628. The summed E-state index contributed by atoms with van der Waals surface area (Å²) in [6.45, 7) is 5.14. The van der Waals surface area contributed by atoms with Crippen molar-refractivity contribution in [1.82, 2.24) is 19.7 Å². The standard InChI is InChI=1S/C26H29FN4/c1-4-5-19(14-15-28-3)24-26-30-23(20-10-12-22(27)13-11-20)25(31(26)17-16-29-24)21-8-6-18(2)7-9-21/h5-8,10-13,16-17,21,28H,4,9,14-15H2,1-3H3/b19-5+. The van der Waals surface area contributed by atoms with Crippen LogP contribution in [0.4, 0.5) is 4.39 Å². The Morgan fingerprint density at radius 3 is 2.77 bits per heavy atom. The van der Waals surface area contributed by atoms with Gasteiger partial charge in [-0.25, -0.2) is 9.37 Å². The number of hydrogen-bond acceptors (Lipinski definition) is 3. The van der Waals surface area contributed by atoms with Gasteiger partial charge >= 0.3 is 0 Å². The first kappa shape index (κ1) is 21.2. The SMILES string of the molecule is CC/C=C(\CCNC)c1nccn2c(C3C=CC(C)=CC3)c(-c3ccc(F)cc3)nc12. The number of hydrogen-bond donors (Lipinski definition) is 1. The molecule has 0 bridgehead atoms. The van der Waals surface area contributed by atoms with E-state index in [9.17, 15) is 4.39 Å². The van der Waals surface area contributed by atoms with Crippen molar-refractivity contribution in [2.45, 2.75) is 39.0 Å². The second-order valence-corrected chi connectivity index (χ2v) is 7.96. The molecule has 1 N–H and O–H groups in total. The lowest BCUT2D eigenvalue weighted by Gasteiger charge is -2.17. The third kappa shape index (κ3) is 4.37. The van der Waals surface area contributed by atoms with E-state index in [0.717, 1.165) is 54.1 Å². The Labute approximate surface area is 183 Å². The highest BCUT2D eigenvalue weighted by atomic mass is 19.1. The van der Waals surface area contributed by atoms with Gasteiger partial charge in [-0.05, 0) is 69.6 Å². The van der Waals surface area contributed by atoms with E-state index in [0.29, 0.717) is 0 Å². The van der Waals surface area contributed by atoms with Crippen LogP contribution in [-0.2, 0) is 0 Å². The quantitative estimate of drug-likeness (QED) is 0.519. The third-order valence-electron chi connectivity index (χ3n) is 5.73. The molecular formula is C26H29FN4. The van der Waals surface area contributed by atoms with Crippen molar-refractivity contribution in [3.8, 4) is 11.3 Å². The average Bonchev–Trinajstić information content (AvgIpc) is 3.17. The number of benzene rings is 1. The summed E-state index contributed by atoms with van der Waals surface area (Å²) < 4.78 is 15.8. The van der Waals surface area contributed by atoms with Crippen molar-refractivity contribution in [3.05, 3.63) is 83.7 Å². The predicted octanol–water partition coefficient (Wildman–Crippen LogP) is 5.93. The van der Waals surface area contributed by atoms with Crippen LogP contribution in [0.3, 0.4) is 0 Å². The van der Waals surface area contributed by atoms with Crippen LogP contribution < -0.4 is 5.32 Å². The Balaban J connectivity index is 1.93. The molecule has 3 aromatic rings. The monoisotopic (exact) mass is 416 g/mol. The van der Waals surface area contributed by atoms with E-state index < -0.39 is 0 Å². The van der Waals surface area contributed by atoms with E-state index in [4.69, 9.17) is 9.97 Å². The van der Waals surface area contributed by atoms with Gasteiger partial charge in [0.15, 0.2) is 5.65 Å². The molecule has 2 aromatic heterocycles. The van der Waals surface area contributed by atoms with Crippen molar-refractivity contribution in [3.63, 3.8) is 0 Å². The van der Waals surface area contributed by atoms with Gasteiger partial charge < -0.3 is 5.32 Å². The lowest BCUT2D eigenvalue weighted by Crippen LogP contribution is -2.09. The van der Waals surface area contributed by atoms with Crippen LogP contribution in [0.5, 0.6) is 0 Å². The highest BCUT2D eigenvalue weighted by Crippen LogP contribution is 2.36. The highest BCUT2D eigenvalue weighted by Gasteiger charge is 2.24. The van der Waals surface area contributed by atoms with E-state index in [2.05, 4.69) is 47.9 Å². The maximum Gasteiger partial charge on any atom is 0.164 e. The number of nitrogens with zero attached hydrogens (tertiary/aromatic N) is 3. The predicted molar refractivity (Wildman–Crippen MR) is 125 cm³/mol. The molecule has 1 unspecified atom stereocenters. The van der Waals surface area contributed by atoms with Gasteiger partial charge in [-0.1, -0.05) is 36.8 Å². The van der Waals surface area contributed by atoms with E-state index in [1.165, 1.54) is 23.3 Å². The minimum atomic E-state index is -0.243. The summed E-state index contributed by atoms with van der Waals surface area (Å²) in [6, 6.07) is 6.62. The fourth-order valence-electron chi connectivity index (χ4n) is 4.15. The van der Waals surface area contributed by atoms with Crippen molar-refractivity contribution >= 4 is 11.2 Å². The second-order valence-electron chi connectivity index (χ2n) is 7.96. The van der Waals surface area contributed by atoms with Crippen LogP contribution in [-0.4, -0.2) is 28.0 Å². The molecule has 0 amide bonds. The zero-order chi connectivity index (χ0) is 21.8. The molecule has 2 heterocycles. The molecule has 4 rings (SSSR count). The molecule has 0 spiro atoms.